The molecular formula is C12H11BrClN3O. The number of hydrogen-bond donors (Lipinski definition) is 1. The molecule has 0 amide bonds. The fraction of sp³-hybridized carbons (Fsp3) is 0.167. The van der Waals surface area contributed by atoms with Gasteiger partial charge < -0.3 is 10.1 Å². The summed E-state index contributed by atoms with van der Waals surface area (Å²) in [6.07, 6.45) is 3.11. The summed E-state index contributed by atoms with van der Waals surface area (Å²) in [5.74, 6) is 1.47. The minimum Gasteiger partial charge on any atom is -0.492 e. The van der Waals surface area contributed by atoms with Crippen LogP contribution in [-0.4, -0.2) is 23.1 Å². The van der Waals surface area contributed by atoms with Gasteiger partial charge in [-0.25, -0.2) is 4.98 Å². The van der Waals surface area contributed by atoms with Crippen LogP contribution < -0.4 is 10.1 Å². The summed E-state index contributed by atoms with van der Waals surface area (Å²) in [7, 11) is 0. The molecule has 18 heavy (non-hydrogen) atoms. The van der Waals surface area contributed by atoms with Crippen molar-refractivity contribution in [3.05, 3.63) is 46.3 Å². The van der Waals surface area contributed by atoms with Gasteiger partial charge in [-0.1, -0.05) is 27.5 Å². The van der Waals surface area contributed by atoms with Gasteiger partial charge in [0, 0.05) is 4.47 Å². The molecular weight excluding hydrogens is 318 g/mol. The first-order chi connectivity index (χ1) is 8.74. The monoisotopic (exact) mass is 327 g/mol. The number of nitrogens with zero attached hydrogens (tertiary/aromatic N) is 2. The van der Waals surface area contributed by atoms with Crippen molar-refractivity contribution in [2.45, 2.75) is 0 Å². The molecule has 0 fully saturated rings. The van der Waals surface area contributed by atoms with Crippen molar-refractivity contribution in [3.63, 3.8) is 0 Å². The molecule has 1 N–H and O–H groups in total. The average Bonchev–Trinajstić information content (AvgIpc) is 2.37. The predicted octanol–water partition coefficient (Wildman–Crippen LogP) is 3.38. The van der Waals surface area contributed by atoms with E-state index < -0.39 is 0 Å². The van der Waals surface area contributed by atoms with E-state index >= 15 is 0 Å². The van der Waals surface area contributed by atoms with E-state index in [2.05, 4.69) is 31.2 Å². The molecule has 2 aromatic rings. The fourth-order valence-corrected chi connectivity index (χ4v) is 1.72. The van der Waals surface area contributed by atoms with Crippen LogP contribution in [0.5, 0.6) is 5.75 Å². The third-order valence-corrected chi connectivity index (χ3v) is 2.81. The Bertz CT molecular complexity index is 507. The van der Waals surface area contributed by atoms with E-state index in [1.165, 1.54) is 6.20 Å². The Kier molecular flexibility index (Phi) is 4.78. The molecule has 0 saturated carbocycles. The molecule has 6 heteroatoms. The highest BCUT2D eigenvalue weighted by molar-refractivity contribution is 9.10. The van der Waals surface area contributed by atoms with Crippen LogP contribution in [0.4, 0.5) is 5.82 Å². The van der Waals surface area contributed by atoms with E-state index in [1.807, 2.05) is 24.3 Å². The summed E-state index contributed by atoms with van der Waals surface area (Å²) in [5.41, 5.74) is 0. The van der Waals surface area contributed by atoms with Gasteiger partial charge in [0.25, 0.3) is 0 Å². The third-order valence-electron chi connectivity index (χ3n) is 2.10. The van der Waals surface area contributed by atoms with E-state index in [9.17, 15) is 0 Å². The maximum absolute atomic E-state index is 5.72. The minimum atomic E-state index is 0.369. The quantitative estimate of drug-likeness (QED) is 0.855. The molecule has 1 heterocycles. The lowest BCUT2D eigenvalue weighted by Gasteiger charge is -2.07. The zero-order valence-corrected chi connectivity index (χ0v) is 11.8. The maximum Gasteiger partial charge on any atom is 0.149 e. The highest BCUT2D eigenvalue weighted by atomic mass is 79.9. The van der Waals surface area contributed by atoms with Gasteiger partial charge in [0.2, 0.25) is 0 Å². The van der Waals surface area contributed by atoms with Crippen molar-refractivity contribution in [2.24, 2.45) is 0 Å². The van der Waals surface area contributed by atoms with Crippen LogP contribution in [0.2, 0.25) is 5.15 Å². The largest absolute Gasteiger partial charge is 0.492 e. The zero-order chi connectivity index (χ0) is 12.8. The molecule has 0 saturated heterocycles. The molecule has 0 aliphatic heterocycles. The number of ether oxygens (including phenoxy) is 1. The molecule has 94 valence electrons. The zero-order valence-electron chi connectivity index (χ0n) is 9.44. The van der Waals surface area contributed by atoms with Crippen molar-refractivity contribution < 1.29 is 4.74 Å². The molecule has 0 aliphatic carbocycles. The average molecular weight is 329 g/mol. The summed E-state index contributed by atoms with van der Waals surface area (Å²) in [6, 6.07) is 7.68. The Morgan fingerprint density at radius 2 is 2.00 bits per heavy atom. The molecule has 0 bridgehead atoms. The van der Waals surface area contributed by atoms with Crippen LogP contribution in [0.1, 0.15) is 0 Å². The second-order valence-electron chi connectivity index (χ2n) is 3.46. The van der Waals surface area contributed by atoms with Gasteiger partial charge in [-0.3, -0.25) is 4.98 Å². The summed E-state index contributed by atoms with van der Waals surface area (Å²) in [6.45, 7) is 1.17. The molecule has 0 radical (unpaired) electrons. The molecule has 0 atom stereocenters. The van der Waals surface area contributed by atoms with Crippen LogP contribution in [0.25, 0.3) is 0 Å². The molecule has 2 rings (SSSR count). The lowest BCUT2D eigenvalue weighted by atomic mass is 10.3. The molecule has 0 aliphatic rings. The Morgan fingerprint density at radius 3 is 2.72 bits per heavy atom. The van der Waals surface area contributed by atoms with Crippen LogP contribution in [0.15, 0.2) is 41.1 Å². The maximum atomic E-state index is 5.72. The van der Waals surface area contributed by atoms with Crippen LogP contribution in [-0.2, 0) is 0 Å². The van der Waals surface area contributed by atoms with Gasteiger partial charge in [-0.2, -0.15) is 0 Å². The van der Waals surface area contributed by atoms with E-state index in [4.69, 9.17) is 16.3 Å². The Hall–Kier alpha value is -1.33. The fourth-order valence-electron chi connectivity index (χ4n) is 1.31. The van der Waals surface area contributed by atoms with E-state index in [0.717, 1.165) is 10.2 Å². The Morgan fingerprint density at radius 1 is 1.22 bits per heavy atom. The van der Waals surface area contributed by atoms with Gasteiger partial charge in [-0.05, 0) is 24.3 Å². The van der Waals surface area contributed by atoms with Gasteiger partial charge in [0.05, 0.1) is 18.9 Å². The molecule has 4 nitrogen and oxygen atoms in total. The van der Waals surface area contributed by atoms with Crippen LogP contribution in [0.3, 0.4) is 0 Å². The van der Waals surface area contributed by atoms with Gasteiger partial charge in [-0.15, -0.1) is 0 Å². The van der Waals surface area contributed by atoms with Crippen LogP contribution in [0, 0.1) is 0 Å². The van der Waals surface area contributed by atoms with E-state index in [-0.39, 0.29) is 0 Å². The number of rotatable bonds is 5. The summed E-state index contributed by atoms with van der Waals surface area (Å²) >= 11 is 9.09. The minimum absolute atomic E-state index is 0.369. The smallest absolute Gasteiger partial charge is 0.149 e. The summed E-state index contributed by atoms with van der Waals surface area (Å²) in [4.78, 5) is 7.99. The van der Waals surface area contributed by atoms with Gasteiger partial charge in [0.1, 0.15) is 23.3 Å². The van der Waals surface area contributed by atoms with Crippen molar-refractivity contribution in [2.75, 3.05) is 18.5 Å². The van der Waals surface area contributed by atoms with Gasteiger partial charge >= 0.3 is 0 Å². The predicted molar refractivity (Wildman–Crippen MR) is 75.2 cm³/mol. The van der Waals surface area contributed by atoms with Crippen molar-refractivity contribution in [1.82, 2.24) is 9.97 Å². The van der Waals surface area contributed by atoms with Crippen molar-refractivity contribution in [1.29, 1.82) is 0 Å². The topological polar surface area (TPSA) is 47.0 Å². The highest BCUT2D eigenvalue weighted by Gasteiger charge is 1.96. The first kappa shape index (κ1) is 13.1. The Labute approximate surface area is 118 Å². The lowest BCUT2D eigenvalue weighted by Crippen LogP contribution is -2.12. The first-order valence-electron chi connectivity index (χ1n) is 5.34. The Balaban J connectivity index is 1.74. The molecule has 0 unspecified atom stereocenters. The van der Waals surface area contributed by atoms with Crippen molar-refractivity contribution >= 4 is 33.3 Å². The standard InChI is InChI=1S/C12H11BrClN3O/c13-9-1-3-10(4-2-9)18-6-5-16-12-8-15-7-11(14)17-12/h1-4,7-8H,5-6H2,(H,16,17). The molecule has 1 aromatic heterocycles. The van der Waals surface area contributed by atoms with E-state index in [1.54, 1.807) is 6.20 Å². The van der Waals surface area contributed by atoms with Gasteiger partial charge in [0.15, 0.2) is 0 Å². The lowest BCUT2D eigenvalue weighted by molar-refractivity contribution is 0.332. The highest BCUT2D eigenvalue weighted by Crippen LogP contribution is 2.15. The number of aromatic nitrogens is 2. The van der Waals surface area contributed by atoms with E-state index in [0.29, 0.717) is 24.1 Å². The molecule has 1 aromatic carbocycles. The number of nitrogens with one attached hydrogen (secondary N) is 1. The van der Waals surface area contributed by atoms with Crippen molar-refractivity contribution in [3.8, 4) is 5.75 Å². The molecule has 0 spiro atoms. The number of benzene rings is 1. The number of halogens is 2. The first-order valence-corrected chi connectivity index (χ1v) is 6.51. The SMILES string of the molecule is Clc1cncc(NCCOc2ccc(Br)cc2)n1. The summed E-state index contributed by atoms with van der Waals surface area (Å²) in [5, 5.41) is 3.44. The van der Waals surface area contributed by atoms with Crippen LogP contribution >= 0.6 is 27.5 Å². The second-order valence-corrected chi connectivity index (χ2v) is 4.76. The number of hydrogen-bond acceptors (Lipinski definition) is 4. The summed E-state index contributed by atoms with van der Waals surface area (Å²) < 4.78 is 6.58. The second kappa shape index (κ2) is 6.56. The number of anilines is 1. The third kappa shape index (κ3) is 4.16. The normalized spacial score (nSPS) is 10.1.